The van der Waals surface area contributed by atoms with E-state index in [1.807, 2.05) is 0 Å². The fourth-order valence-corrected chi connectivity index (χ4v) is 2.32. The maximum Gasteiger partial charge on any atom is 0.306 e. The summed E-state index contributed by atoms with van der Waals surface area (Å²) in [5, 5.41) is 4.83. The predicted octanol–water partition coefficient (Wildman–Crippen LogP) is 3.18. The molecular formula is C20H19F3N2O4. The standard InChI is InChI=1S/C20H19F3N2O4/c1-12(19(27)25-15-5-2-4-13(21)10-15)29-18(26)6-3-9-24-20(28)16-8-7-14(22)11-17(16)23/h2,4-5,7-8,10-12H,3,6,9H2,1H3,(H,24,28)(H,25,27). The maximum atomic E-state index is 13.5. The zero-order chi connectivity index (χ0) is 21.4. The van der Waals surface area contributed by atoms with Crippen LogP contribution in [0.25, 0.3) is 0 Å². The average molecular weight is 408 g/mol. The summed E-state index contributed by atoms with van der Waals surface area (Å²) in [6, 6.07) is 7.85. The zero-order valence-corrected chi connectivity index (χ0v) is 15.5. The number of amides is 2. The number of esters is 1. The molecule has 0 radical (unpaired) electrons. The summed E-state index contributed by atoms with van der Waals surface area (Å²) in [4.78, 5) is 35.6. The van der Waals surface area contributed by atoms with Gasteiger partial charge in [-0.05, 0) is 43.7 Å². The van der Waals surface area contributed by atoms with Gasteiger partial charge in [-0.25, -0.2) is 13.2 Å². The molecule has 2 N–H and O–H groups in total. The summed E-state index contributed by atoms with van der Waals surface area (Å²) in [7, 11) is 0. The third-order valence-corrected chi connectivity index (χ3v) is 3.79. The molecule has 1 unspecified atom stereocenters. The largest absolute Gasteiger partial charge is 0.453 e. The Morgan fingerprint density at radius 1 is 1.03 bits per heavy atom. The minimum absolute atomic E-state index is 0.0502. The highest BCUT2D eigenvalue weighted by Gasteiger charge is 2.18. The molecule has 2 amide bonds. The molecular weight excluding hydrogens is 389 g/mol. The van der Waals surface area contributed by atoms with E-state index in [1.165, 1.54) is 25.1 Å². The van der Waals surface area contributed by atoms with Crippen molar-refractivity contribution in [3.63, 3.8) is 0 Å². The van der Waals surface area contributed by atoms with Gasteiger partial charge in [0.1, 0.15) is 17.5 Å². The summed E-state index contributed by atoms with van der Waals surface area (Å²) in [5.74, 6) is -4.33. The minimum Gasteiger partial charge on any atom is -0.453 e. The van der Waals surface area contributed by atoms with Crippen LogP contribution in [-0.4, -0.2) is 30.4 Å². The molecule has 0 saturated heterocycles. The van der Waals surface area contributed by atoms with Crippen LogP contribution in [0.3, 0.4) is 0 Å². The van der Waals surface area contributed by atoms with E-state index in [-0.39, 0.29) is 30.6 Å². The van der Waals surface area contributed by atoms with Crippen molar-refractivity contribution in [2.75, 3.05) is 11.9 Å². The smallest absolute Gasteiger partial charge is 0.306 e. The molecule has 0 aliphatic heterocycles. The summed E-state index contributed by atoms with van der Waals surface area (Å²) in [6.07, 6.45) is -1.01. The fraction of sp³-hybridized carbons (Fsp3) is 0.250. The van der Waals surface area contributed by atoms with Crippen LogP contribution in [0.2, 0.25) is 0 Å². The molecule has 0 spiro atoms. The number of carbonyl (C=O) groups excluding carboxylic acids is 3. The van der Waals surface area contributed by atoms with Crippen molar-refractivity contribution >= 4 is 23.5 Å². The number of hydrogen-bond acceptors (Lipinski definition) is 4. The van der Waals surface area contributed by atoms with Crippen molar-refractivity contribution in [2.24, 2.45) is 0 Å². The second kappa shape index (κ2) is 10.3. The van der Waals surface area contributed by atoms with Crippen LogP contribution >= 0.6 is 0 Å². The van der Waals surface area contributed by atoms with Gasteiger partial charge < -0.3 is 15.4 Å². The average Bonchev–Trinajstić information content (AvgIpc) is 2.65. The predicted molar refractivity (Wildman–Crippen MR) is 98.5 cm³/mol. The van der Waals surface area contributed by atoms with Crippen molar-refractivity contribution in [3.05, 3.63) is 65.5 Å². The first kappa shape index (κ1) is 21.9. The second-order valence-corrected chi connectivity index (χ2v) is 6.12. The second-order valence-electron chi connectivity index (χ2n) is 6.12. The van der Waals surface area contributed by atoms with Gasteiger partial charge in [0.15, 0.2) is 6.10 Å². The van der Waals surface area contributed by atoms with Gasteiger partial charge in [0, 0.05) is 24.7 Å². The molecule has 2 aromatic rings. The first-order valence-corrected chi connectivity index (χ1v) is 8.75. The Morgan fingerprint density at radius 2 is 1.76 bits per heavy atom. The van der Waals surface area contributed by atoms with Crippen LogP contribution in [0, 0.1) is 17.5 Å². The fourth-order valence-electron chi connectivity index (χ4n) is 2.32. The van der Waals surface area contributed by atoms with Crippen LogP contribution in [0.15, 0.2) is 42.5 Å². The number of benzene rings is 2. The highest BCUT2D eigenvalue weighted by atomic mass is 19.1. The van der Waals surface area contributed by atoms with Crippen molar-refractivity contribution in [3.8, 4) is 0 Å². The molecule has 0 heterocycles. The van der Waals surface area contributed by atoms with Gasteiger partial charge in [-0.2, -0.15) is 0 Å². The molecule has 0 bridgehead atoms. The lowest BCUT2D eigenvalue weighted by molar-refractivity contribution is -0.153. The molecule has 154 valence electrons. The normalized spacial score (nSPS) is 11.4. The highest BCUT2D eigenvalue weighted by molar-refractivity contribution is 5.95. The third-order valence-electron chi connectivity index (χ3n) is 3.79. The first-order chi connectivity index (χ1) is 13.8. The quantitative estimate of drug-likeness (QED) is 0.519. The molecule has 6 nitrogen and oxygen atoms in total. The van der Waals surface area contributed by atoms with Crippen LogP contribution in [0.1, 0.15) is 30.1 Å². The van der Waals surface area contributed by atoms with E-state index in [0.29, 0.717) is 6.07 Å². The monoisotopic (exact) mass is 408 g/mol. The number of nitrogens with one attached hydrogen (secondary N) is 2. The van der Waals surface area contributed by atoms with E-state index >= 15 is 0 Å². The Balaban J connectivity index is 1.70. The van der Waals surface area contributed by atoms with Gasteiger partial charge in [-0.15, -0.1) is 0 Å². The van der Waals surface area contributed by atoms with Gasteiger partial charge in [-0.3, -0.25) is 14.4 Å². The van der Waals surface area contributed by atoms with E-state index in [1.54, 1.807) is 0 Å². The Kier molecular flexibility index (Phi) is 7.76. The van der Waals surface area contributed by atoms with Crippen molar-refractivity contribution in [1.29, 1.82) is 0 Å². The lowest BCUT2D eigenvalue weighted by Crippen LogP contribution is -2.30. The van der Waals surface area contributed by atoms with E-state index in [0.717, 1.165) is 18.2 Å². The number of rotatable bonds is 8. The highest BCUT2D eigenvalue weighted by Crippen LogP contribution is 2.11. The lowest BCUT2D eigenvalue weighted by Gasteiger charge is -2.13. The molecule has 0 saturated carbocycles. The molecule has 0 aromatic heterocycles. The van der Waals surface area contributed by atoms with E-state index in [2.05, 4.69) is 10.6 Å². The van der Waals surface area contributed by atoms with Crippen LogP contribution in [-0.2, 0) is 14.3 Å². The number of anilines is 1. The third kappa shape index (κ3) is 6.95. The number of carbonyl (C=O) groups is 3. The SMILES string of the molecule is CC(OC(=O)CCCNC(=O)c1ccc(F)cc1F)C(=O)Nc1cccc(F)c1. The van der Waals surface area contributed by atoms with Gasteiger partial charge in [0.25, 0.3) is 11.8 Å². The topological polar surface area (TPSA) is 84.5 Å². The van der Waals surface area contributed by atoms with Gasteiger partial charge in [0.05, 0.1) is 5.56 Å². The first-order valence-electron chi connectivity index (χ1n) is 8.75. The van der Waals surface area contributed by atoms with Gasteiger partial charge in [0.2, 0.25) is 0 Å². The van der Waals surface area contributed by atoms with E-state index < -0.39 is 41.3 Å². The molecule has 29 heavy (non-hydrogen) atoms. The number of halogens is 3. The van der Waals surface area contributed by atoms with E-state index in [9.17, 15) is 27.6 Å². The Labute approximate surface area is 165 Å². The summed E-state index contributed by atoms with van der Waals surface area (Å²) >= 11 is 0. The van der Waals surface area contributed by atoms with Crippen molar-refractivity contribution in [2.45, 2.75) is 25.9 Å². The zero-order valence-electron chi connectivity index (χ0n) is 15.5. The summed E-state index contributed by atoms with van der Waals surface area (Å²) < 4.78 is 44.4. The molecule has 2 rings (SSSR count). The minimum atomic E-state index is -1.10. The molecule has 0 fully saturated rings. The molecule has 0 aliphatic rings. The van der Waals surface area contributed by atoms with E-state index in [4.69, 9.17) is 4.74 Å². The Hall–Kier alpha value is -3.36. The van der Waals surface area contributed by atoms with Crippen LogP contribution < -0.4 is 10.6 Å². The molecule has 9 heteroatoms. The molecule has 0 aliphatic carbocycles. The Morgan fingerprint density at radius 3 is 2.45 bits per heavy atom. The van der Waals surface area contributed by atoms with Crippen molar-refractivity contribution in [1.82, 2.24) is 5.32 Å². The van der Waals surface area contributed by atoms with Crippen LogP contribution in [0.5, 0.6) is 0 Å². The summed E-state index contributed by atoms with van der Waals surface area (Å²) in [6.45, 7) is 1.42. The van der Waals surface area contributed by atoms with Crippen LogP contribution in [0.4, 0.5) is 18.9 Å². The number of hydrogen-bond donors (Lipinski definition) is 2. The Bertz CT molecular complexity index is 905. The lowest BCUT2D eigenvalue weighted by atomic mass is 10.2. The van der Waals surface area contributed by atoms with Crippen molar-refractivity contribution < 1.29 is 32.3 Å². The van der Waals surface area contributed by atoms with Gasteiger partial charge >= 0.3 is 5.97 Å². The number of ether oxygens (including phenoxy) is 1. The molecule has 2 aromatic carbocycles. The maximum absolute atomic E-state index is 13.5. The van der Waals surface area contributed by atoms with Gasteiger partial charge in [-0.1, -0.05) is 6.07 Å². The molecule has 1 atom stereocenters. The summed E-state index contributed by atoms with van der Waals surface area (Å²) in [5.41, 5.74) is -0.0785.